The second-order valence-electron chi connectivity index (χ2n) is 8.00. The molecule has 5 nitrogen and oxygen atoms in total. The first-order chi connectivity index (χ1) is 14.5. The Bertz CT molecular complexity index is 1060. The zero-order valence-electron chi connectivity index (χ0n) is 17.8. The van der Waals surface area contributed by atoms with Gasteiger partial charge in [-0.3, -0.25) is 4.90 Å². The normalized spacial score (nSPS) is 21.8. The average molecular weight is 410 g/mol. The van der Waals surface area contributed by atoms with Gasteiger partial charge in [0.15, 0.2) is 0 Å². The maximum absolute atomic E-state index is 13.7. The van der Waals surface area contributed by atoms with E-state index in [4.69, 9.17) is 9.47 Å². The van der Waals surface area contributed by atoms with Crippen LogP contribution in [0, 0.1) is 11.7 Å². The molecule has 0 saturated carbocycles. The summed E-state index contributed by atoms with van der Waals surface area (Å²) in [7, 11) is 5.27. The van der Waals surface area contributed by atoms with E-state index in [1.54, 1.807) is 26.4 Å². The van der Waals surface area contributed by atoms with Crippen LogP contribution in [-0.4, -0.2) is 36.0 Å². The van der Waals surface area contributed by atoms with E-state index in [1.807, 2.05) is 31.3 Å². The summed E-state index contributed by atoms with van der Waals surface area (Å²) >= 11 is 0. The summed E-state index contributed by atoms with van der Waals surface area (Å²) in [4.78, 5) is 14.3. The minimum atomic E-state index is -0.253. The first kappa shape index (κ1) is 20.4. The molecule has 0 aliphatic carbocycles. The number of hydrogen-bond donors (Lipinski definition) is 0. The second-order valence-corrected chi connectivity index (χ2v) is 8.00. The Kier molecular flexibility index (Phi) is 5.52. The second kappa shape index (κ2) is 8.11. The number of likely N-dealkylation sites (tertiary alicyclic amines) is 1. The van der Waals surface area contributed by atoms with Crippen LogP contribution in [0.2, 0.25) is 0 Å². The molecule has 1 fully saturated rings. The van der Waals surface area contributed by atoms with Crippen LogP contribution in [-0.2, 0) is 18.4 Å². The summed E-state index contributed by atoms with van der Waals surface area (Å²) < 4.78 is 27.1. The third-order valence-corrected chi connectivity index (χ3v) is 6.35. The van der Waals surface area contributed by atoms with Crippen molar-refractivity contribution in [2.24, 2.45) is 13.0 Å². The molecule has 158 valence electrons. The Morgan fingerprint density at radius 2 is 1.83 bits per heavy atom. The van der Waals surface area contributed by atoms with E-state index in [9.17, 15) is 9.18 Å². The lowest BCUT2D eigenvalue weighted by atomic mass is 9.97. The van der Waals surface area contributed by atoms with Gasteiger partial charge in [0, 0.05) is 36.2 Å². The zero-order valence-corrected chi connectivity index (χ0v) is 17.8. The lowest BCUT2D eigenvalue weighted by Crippen LogP contribution is -2.35. The molecule has 4 rings (SSSR count). The van der Waals surface area contributed by atoms with Crippen molar-refractivity contribution in [1.82, 2.24) is 9.47 Å². The van der Waals surface area contributed by atoms with Crippen molar-refractivity contribution in [3.8, 4) is 11.5 Å². The monoisotopic (exact) mass is 410 g/mol. The van der Waals surface area contributed by atoms with Gasteiger partial charge in [0.05, 0.1) is 25.8 Å². The maximum Gasteiger partial charge on any atom is 0.137 e. The van der Waals surface area contributed by atoms with Crippen molar-refractivity contribution in [2.45, 2.75) is 32.0 Å². The molecule has 2 heterocycles. The van der Waals surface area contributed by atoms with Crippen LogP contribution >= 0.6 is 0 Å². The highest BCUT2D eigenvalue weighted by atomic mass is 19.1. The lowest BCUT2D eigenvalue weighted by Gasteiger charge is -2.30. The topological polar surface area (TPSA) is 43.7 Å². The molecule has 1 saturated heterocycles. The van der Waals surface area contributed by atoms with Gasteiger partial charge >= 0.3 is 0 Å². The summed E-state index contributed by atoms with van der Waals surface area (Å²) in [6, 6.07) is 12.3. The molecule has 1 aliphatic heterocycles. The highest BCUT2D eigenvalue weighted by molar-refractivity contribution is 5.81. The van der Waals surface area contributed by atoms with Gasteiger partial charge in [0.1, 0.15) is 23.6 Å². The third-order valence-electron chi connectivity index (χ3n) is 6.35. The Morgan fingerprint density at radius 3 is 2.47 bits per heavy atom. The minimum absolute atomic E-state index is 0.0314. The van der Waals surface area contributed by atoms with E-state index in [0.717, 1.165) is 46.4 Å². The predicted molar refractivity (Wildman–Crippen MR) is 114 cm³/mol. The largest absolute Gasteiger partial charge is 0.496 e. The average Bonchev–Trinajstić information content (AvgIpc) is 3.22. The fourth-order valence-corrected chi connectivity index (χ4v) is 4.80. The van der Waals surface area contributed by atoms with Crippen LogP contribution in [0.25, 0.3) is 10.9 Å². The van der Waals surface area contributed by atoms with Crippen LogP contribution < -0.4 is 9.47 Å². The molecule has 0 N–H and O–H groups in total. The maximum atomic E-state index is 13.7. The smallest absolute Gasteiger partial charge is 0.137 e. The number of benzene rings is 2. The Balaban J connectivity index is 1.78. The highest BCUT2D eigenvalue weighted by Crippen LogP contribution is 2.47. The number of rotatable bonds is 6. The molecule has 1 aliphatic rings. The molecule has 3 unspecified atom stereocenters. The fraction of sp³-hybridized carbons (Fsp3) is 0.375. The summed E-state index contributed by atoms with van der Waals surface area (Å²) in [5.41, 5.74) is 2.95. The third kappa shape index (κ3) is 3.35. The number of aryl methyl sites for hydroxylation is 1. The van der Waals surface area contributed by atoms with Crippen LogP contribution in [0.3, 0.4) is 0 Å². The van der Waals surface area contributed by atoms with Gasteiger partial charge in [0.2, 0.25) is 0 Å². The van der Waals surface area contributed by atoms with Crippen molar-refractivity contribution < 1.29 is 18.7 Å². The van der Waals surface area contributed by atoms with E-state index in [1.165, 1.54) is 6.07 Å². The van der Waals surface area contributed by atoms with Crippen LogP contribution in [0.15, 0.2) is 42.5 Å². The van der Waals surface area contributed by atoms with Gasteiger partial charge in [-0.25, -0.2) is 4.39 Å². The van der Waals surface area contributed by atoms with Crippen LogP contribution in [0.4, 0.5) is 4.39 Å². The summed E-state index contributed by atoms with van der Waals surface area (Å²) in [6.45, 7) is 2.66. The van der Waals surface area contributed by atoms with Gasteiger partial charge < -0.3 is 18.8 Å². The van der Waals surface area contributed by atoms with Gasteiger partial charge in [-0.05, 0) is 48.7 Å². The van der Waals surface area contributed by atoms with Crippen molar-refractivity contribution in [1.29, 1.82) is 0 Å². The van der Waals surface area contributed by atoms with Gasteiger partial charge in [-0.2, -0.15) is 0 Å². The number of aldehydes is 1. The van der Waals surface area contributed by atoms with Gasteiger partial charge in [-0.1, -0.05) is 13.0 Å². The van der Waals surface area contributed by atoms with Crippen molar-refractivity contribution in [3.63, 3.8) is 0 Å². The van der Waals surface area contributed by atoms with Crippen molar-refractivity contribution in [2.75, 3.05) is 14.2 Å². The van der Waals surface area contributed by atoms with Crippen molar-refractivity contribution >= 4 is 17.2 Å². The number of halogens is 1. The first-order valence-corrected chi connectivity index (χ1v) is 10.1. The van der Waals surface area contributed by atoms with E-state index in [0.29, 0.717) is 6.54 Å². The van der Waals surface area contributed by atoms with E-state index in [2.05, 4.69) is 16.4 Å². The number of aromatic nitrogens is 1. The Hall–Kier alpha value is -2.86. The zero-order chi connectivity index (χ0) is 21.4. The molecule has 6 heteroatoms. The number of nitrogens with zero attached hydrogens (tertiary/aromatic N) is 2. The molecule has 30 heavy (non-hydrogen) atoms. The molecule has 0 bridgehead atoms. The molecule has 0 amide bonds. The van der Waals surface area contributed by atoms with Gasteiger partial charge in [0.25, 0.3) is 0 Å². The number of ether oxygens (including phenoxy) is 2. The fourth-order valence-electron chi connectivity index (χ4n) is 4.80. The number of carbonyl (C=O) groups excluding carboxylic acids is 1. The summed E-state index contributed by atoms with van der Waals surface area (Å²) in [6.07, 6.45) is 1.85. The van der Waals surface area contributed by atoms with Crippen LogP contribution in [0.1, 0.15) is 30.6 Å². The minimum Gasteiger partial charge on any atom is -0.496 e. The van der Waals surface area contributed by atoms with E-state index >= 15 is 0 Å². The molecule has 3 aromatic rings. The molecule has 3 atom stereocenters. The standard InChI is InChI=1S/C24H27FN2O3/c1-15-10-20(24-22(29-3)6-5-7-23(24)30-4)27(21(15)14-28)13-18-12-16-11-17(25)8-9-19(16)26(18)2/h5-9,11-12,14-15,20-21H,10,13H2,1-4H3. The summed E-state index contributed by atoms with van der Waals surface area (Å²) in [5, 5.41) is 0.855. The quantitative estimate of drug-likeness (QED) is 0.562. The number of carbonyl (C=O) groups is 1. The number of fused-ring (bicyclic) bond motifs is 1. The predicted octanol–water partition coefficient (Wildman–Crippen LogP) is 4.49. The number of hydrogen-bond acceptors (Lipinski definition) is 4. The SMILES string of the molecule is COc1cccc(OC)c1C1CC(C)C(C=O)N1Cc1cc2cc(F)ccc2n1C. The Morgan fingerprint density at radius 1 is 1.13 bits per heavy atom. The van der Waals surface area contributed by atoms with Gasteiger partial charge in [-0.15, -0.1) is 0 Å². The molecule has 1 aromatic heterocycles. The molecule has 2 aromatic carbocycles. The Labute approximate surface area is 176 Å². The molecule has 0 spiro atoms. The highest BCUT2D eigenvalue weighted by Gasteiger charge is 2.42. The lowest BCUT2D eigenvalue weighted by molar-refractivity contribution is -0.113. The molecule has 0 radical (unpaired) electrons. The molecular formula is C24H27FN2O3. The number of methoxy groups -OCH3 is 2. The first-order valence-electron chi connectivity index (χ1n) is 10.1. The summed E-state index contributed by atoms with van der Waals surface area (Å²) in [5.74, 6) is 1.44. The molecular weight excluding hydrogens is 383 g/mol. The van der Waals surface area contributed by atoms with Crippen LogP contribution in [0.5, 0.6) is 11.5 Å². The van der Waals surface area contributed by atoms with E-state index < -0.39 is 0 Å². The van der Waals surface area contributed by atoms with E-state index in [-0.39, 0.29) is 23.8 Å². The van der Waals surface area contributed by atoms with Crippen molar-refractivity contribution in [3.05, 3.63) is 59.5 Å².